The maximum absolute atomic E-state index is 14.5. The van der Waals surface area contributed by atoms with Crippen LogP contribution in [0, 0.1) is 5.82 Å². The number of aromatic amines is 1. The van der Waals surface area contributed by atoms with Crippen molar-refractivity contribution in [1.29, 1.82) is 0 Å². The van der Waals surface area contributed by atoms with Gasteiger partial charge in [-0.05, 0) is 42.8 Å². The Morgan fingerprint density at radius 3 is 2.57 bits per heavy atom. The van der Waals surface area contributed by atoms with E-state index in [-0.39, 0.29) is 17.3 Å². The fourth-order valence-corrected chi connectivity index (χ4v) is 4.63. The molecule has 4 heterocycles. The third kappa shape index (κ3) is 4.08. The number of fused-ring (bicyclic) bond motifs is 2. The average Bonchev–Trinajstić information content (AvgIpc) is 2.93. The summed E-state index contributed by atoms with van der Waals surface area (Å²) < 4.78 is 14.5. The fraction of sp³-hybridized carbons (Fsp3) is 0.0690. The lowest BCUT2D eigenvalue weighted by molar-refractivity contribution is 0.629. The van der Waals surface area contributed by atoms with Crippen LogP contribution in [0.2, 0.25) is 0 Å². The van der Waals surface area contributed by atoms with E-state index >= 15 is 0 Å². The Morgan fingerprint density at radius 1 is 0.919 bits per heavy atom. The second-order valence-corrected chi connectivity index (χ2v) is 8.64. The molecule has 7 nitrogen and oxygen atoms in total. The van der Waals surface area contributed by atoms with Crippen molar-refractivity contribution >= 4 is 27.8 Å². The smallest absolute Gasteiger partial charge is 0.194 e. The first-order valence-electron chi connectivity index (χ1n) is 11.8. The minimum Gasteiger partial charge on any atom is -0.361 e. The van der Waals surface area contributed by atoms with E-state index in [0.29, 0.717) is 39.1 Å². The van der Waals surface area contributed by atoms with Gasteiger partial charge in [0, 0.05) is 35.0 Å². The van der Waals surface area contributed by atoms with Gasteiger partial charge in [0.1, 0.15) is 29.0 Å². The van der Waals surface area contributed by atoms with Crippen molar-refractivity contribution in [2.24, 2.45) is 0 Å². The summed E-state index contributed by atoms with van der Waals surface area (Å²) in [5.74, 6) is 0.0508. The molecule has 0 aliphatic heterocycles. The largest absolute Gasteiger partial charge is 0.361 e. The quantitative estimate of drug-likeness (QED) is 0.313. The molecular formula is C29H21FN6O. The summed E-state index contributed by atoms with van der Waals surface area (Å²) in [7, 11) is 0. The van der Waals surface area contributed by atoms with E-state index in [9.17, 15) is 9.18 Å². The van der Waals surface area contributed by atoms with Gasteiger partial charge >= 0.3 is 0 Å². The van der Waals surface area contributed by atoms with Crippen molar-refractivity contribution in [3.63, 3.8) is 0 Å². The number of hydrogen-bond donors (Lipinski definition) is 2. The first-order chi connectivity index (χ1) is 18.1. The number of nitrogens with one attached hydrogen (secondary N) is 2. The monoisotopic (exact) mass is 488 g/mol. The predicted octanol–water partition coefficient (Wildman–Crippen LogP) is 5.91. The maximum Gasteiger partial charge on any atom is 0.194 e. The van der Waals surface area contributed by atoms with Crippen molar-refractivity contribution < 1.29 is 4.39 Å². The van der Waals surface area contributed by atoms with Crippen LogP contribution in [-0.4, -0.2) is 24.9 Å². The minimum absolute atomic E-state index is 0.191. The lowest BCUT2D eigenvalue weighted by atomic mass is 9.90. The summed E-state index contributed by atoms with van der Waals surface area (Å²) in [4.78, 5) is 33.8. The van der Waals surface area contributed by atoms with Crippen molar-refractivity contribution in [1.82, 2.24) is 24.9 Å². The van der Waals surface area contributed by atoms with Gasteiger partial charge in [0.15, 0.2) is 5.43 Å². The van der Waals surface area contributed by atoms with Crippen LogP contribution in [0.25, 0.3) is 44.3 Å². The number of aromatic nitrogens is 5. The summed E-state index contributed by atoms with van der Waals surface area (Å²) in [5, 5.41) is 4.41. The van der Waals surface area contributed by atoms with Crippen LogP contribution in [0.15, 0.2) is 96.3 Å². The summed E-state index contributed by atoms with van der Waals surface area (Å²) >= 11 is 0. The van der Waals surface area contributed by atoms with Crippen LogP contribution >= 0.6 is 0 Å². The Morgan fingerprint density at radius 2 is 1.76 bits per heavy atom. The SMILES string of the molecule is CC(Nc1ncnc2[nH]ccc(=O)c12)c1nc2ccc(F)cc2c(-c2ccccn2)c1-c1ccccc1. The molecule has 0 aliphatic carbocycles. The van der Waals surface area contributed by atoms with Crippen LogP contribution in [0.5, 0.6) is 0 Å². The lowest BCUT2D eigenvalue weighted by Crippen LogP contribution is -2.15. The van der Waals surface area contributed by atoms with Crippen molar-refractivity contribution in [2.75, 3.05) is 5.32 Å². The first kappa shape index (κ1) is 22.5. The summed E-state index contributed by atoms with van der Waals surface area (Å²) in [6.45, 7) is 1.96. The van der Waals surface area contributed by atoms with Gasteiger partial charge in [-0.3, -0.25) is 9.78 Å². The Balaban J connectivity index is 1.63. The van der Waals surface area contributed by atoms with Crippen molar-refractivity contribution in [2.45, 2.75) is 13.0 Å². The number of rotatable bonds is 5. The standard InChI is InChI=1S/C29H21FN6O/c1-17(35-29-26-23(37)12-14-32-28(26)33-16-34-29)27-24(18-7-3-2-4-8-18)25(22-9-5-6-13-31-22)20-15-19(30)10-11-21(20)36-27/h2-17H,1H3,(H2,32,33,34,35,37). The number of H-pyrrole nitrogens is 1. The zero-order valence-electron chi connectivity index (χ0n) is 19.8. The molecule has 0 fully saturated rings. The molecule has 180 valence electrons. The highest BCUT2D eigenvalue weighted by Gasteiger charge is 2.23. The number of benzene rings is 2. The summed E-state index contributed by atoms with van der Waals surface area (Å²) in [6, 6.07) is 21.1. The highest BCUT2D eigenvalue weighted by atomic mass is 19.1. The van der Waals surface area contributed by atoms with Crippen molar-refractivity contribution in [3.8, 4) is 22.4 Å². The van der Waals surface area contributed by atoms with E-state index in [1.165, 1.54) is 24.5 Å². The molecule has 6 aromatic rings. The van der Waals surface area contributed by atoms with E-state index in [1.54, 1.807) is 18.5 Å². The molecule has 1 atom stereocenters. The van der Waals surface area contributed by atoms with Gasteiger partial charge in [-0.25, -0.2) is 19.3 Å². The van der Waals surface area contributed by atoms with E-state index in [1.807, 2.05) is 55.5 Å². The molecule has 2 N–H and O–H groups in total. The van der Waals surface area contributed by atoms with Gasteiger partial charge in [-0.1, -0.05) is 36.4 Å². The van der Waals surface area contributed by atoms with Gasteiger partial charge < -0.3 is 10.3 Å². The minimum atomic E-state index is -0.384. The highest BCUT2D eigenvalue weighted by Crippen LogP contribution is 2.41. The highest BCUT2D eigenvalue weighted by molar-refractivity contribution is 6.02. The molecule has 4 aromatic heterocycles. The normalized spacial score (nSPS) is 12.1. The Bertz CT molecular complexity index is 1800. The molecule has 1 unspecified atom stereocenters. The fourth-order valence-electron chi connectivity index (χ4n) is 4.63. The molecule has 0 saturated heterocycles. The van der Waals surface area contributed by atoms with E-state index in [0.717, 1.165) is 16.7 Å². The first-order valence-corrected chi connectivity index (χ1v) is 11.8. The molecule has 8 heteroatoms. The van der Waals surface area contributed by atoms with E-state index < -0.39 is 0 Å². The molecule has 0 aliphatic rings. The Hall–Kier alpha value is -4.98. The predicted molar refractivity (Wildman–Crippen MR) is 143 cm³/mol. The Labute approximate surface area is 211 Å². The zero-order chi connectivity index (χ0) is 25.4. The van der Waals surface area contributed by atoms with E-state index in [4.69, 9.17) is 4.98 Å². The summed E-state index contributed by atoms with van der Waals surface area (Å²) in [6.07, 6.45) is 4.68. The lowest BCUT2D eigenvalue weighted by Gasteiger charge is -2.22. The second kappa shape index (κ2) is 9.23. The molecule has 0 amide bonds. The van der Waals surface area contributed by atoms with Gasteiger partial charge in [-0.15, -0.1) is 0 Å². The number of anilines is 1. The molecular weight excluding hydrogens is 467 g/mol. The van der Waals surface area contributed by atoms with Gasteiger partial charge in [-0.2, -0.15) is 0 Å². The van der Waals surface area contributed by atoms with Crippen LogP contribution < -0.4 is 10.7 Å². The molecule has 0 saturated carbocycles. The van der Waals surface area contributed by atoms with Crippen LogP contribution in [0.1, 0.15) is 18.7 Å². The molecule has 0 bridgehead atoms. The summed E-state index contributed by atoms with van der Waals surface area (Å²) in [5.41, 5.74) is 4.82. The third-order valence-corrected chi connectivity index (χ3v) is 6.27. The molecule has 0 spiro atoms. The van der Waals surface area contributed by atoms with Crippen LogP contribution in [0.3, 0.4) is 0 Å². The molecule has 0 radical (unpaired) electrons. The average molecular weight is 489 g/mol. The second-order valence-electron chi connectivity index (χ2n) is 8.64. The number of hydrogen-bond acceptors (Lipinski definition) is 6. The van der Waals surface area contributed by atoms with Gasteiger partial charge in [0.2, 0.25) is 0 Å². The van der Waals surface area contributed by atoms with E-state index in [2.05, 4.69) is 25.3 Å². The Kier molecular flexibility index (Phi) is 5.61. The molecule has 6 rings (SSSR count). The van der Waals surface area contributed by atoms with Crippen LogP contribution in [-0.2, 0) is 0 Å². The molecule has 37 heavy (non-hydrogen) atoms. The van der Waals surface area contributed by atoms with Gasteiger partial charge in [0.25, 0.3) is 0 Å². The third-order valence-electron chi connectivity index (χ3n) is 6.27. The van der Waals surface area contributed by atoms with Crippen molar-refractivity contribution in [3.05, 3.63) is 113 Å². The van der Waals surface area contributed by atoms with Crippen LogP contribution in [0.4, 0.5) is 10.2 Å². The topological polar surface area (TPSA) is 96.5 Å². The number of pyridine rings is 3. The maximum atomic E-state index is 14.5. The van der Waals surface area contributed by atoms with Gasteiger partial charge in [0.05, 0.1) is 22.9 Å². The number of halogens is 1. The number of nitrogens with zero attached hydrogens (tertiary/aromatic N) is 4. The zero-order valence-corrected chi connectivity index (χ0v) is 19.8. The molecule has 2 aromatic carbocycles.